The van der Waals surface area contributed by atoms with Gasteiger partial charge in [0.15, 0.2) is 0 Å². The molecule has 0 spiro atoms. The monoisotopic (exact) mass is 283 g/mol. The molecule has 1 aromatic carbocycles. The number of carboxylic acids is 1. The van der Waals surface area contributed by atoms with E-state index in [1.165, 1.54) is 0 Å². The van der Waals surface area contributed by atoms with Crippen molar-refractivity contribution < 1.29 is 24.2 Å². The van der Waals surface area contributed by atoms with E-state index in [0.717, 1.165) is 24.6 Å². The van der Waals surface area contributed by atoms with Crippen molar-refractivity contribution in [2.75, 3.05) is 6.54 Å². The van der Waals surface area contributed by atoms with Gasteiger partial charge in [0.2, 0.25) is 0 Å². The van der Waals surface area contributed by atoms with E-state index in [1.807, 2.05) is 6.92 Å². The van der Waals surface area contributed by atoms with E-state index in [9.17, 15) is 19.1 Å². The first kappa shape index (κ1) is 16.1. The average Bonchev–Trinajstić information content (AvgIpc) is 2.35. The maximum Gasteiger partial charge on any atom is 0.335 e. The van der Waals surface area contributed by atoms with E-state index in [1.54, 1.807) is 6.92 Å². The highest BCUT2D eigenvalue weighted by Crippen LogP contribution is 2.13. The largest absolute Gasteiger partial charge is 0.478 e. The van der Waals surface area contributed by atoms with E-state index in [4.69, 9.17) is 5.11 Å². The second kappa shape index (κ2) is 6.47. The summed E-state index contributed by atoms with van der Waals surface area (Å²) in [6.07, 6.45) is 1.26. The van der Waals surface area contributed by atoms with Crippen LogP contribution < -0.4 is 5.32 Å². The molecule has 0 bridgehead atoms. The second-order valence-electron chi connectivity index (χ2n) is 4.93. The average molecular weight is 283 g/mol. The second-order valence-corrected chi connectivity index (χ2v) is 4.93. The number of aromatic carboxylic acids is 1. The van der Waals surface area contributed by atoms with Gasteiger partial charge in [-0.05, 0) is 31.5 Å². The van der Waals surface area contributed by atoms with E-state index < -0.39 is 23.3 Å². The Hall–Kier alpha value is -1.95. The van der Waals surface area contributed by atoms with E-state index >= 15 is 0 Å². The van der Waals surface area contributed by atoms with Gasteiger partial charge >= 0.3 is 5.97 Å². The van der Waals surface area contributed by atoms with Crippen LogP contribution in [0.25, 0.3) is 0 Å². The Morgan fingerprint density at radius 1 is 1.40 bits per heavy atom. The van der Waals surface area contributed by atoms with Crippen molar-refractivity contribution in [1.29, 1.82) is 0 Å². The number of carbonyl (C=O) groups excluding carboxylic acids is 1. The smallest absolute Gasteiger partial charge is 0.335 e. The standard InChI is InChI=1S/C14H18FNO4/c1-3-6-14(2,20)8-16-12(17)10-5-4-9(13(18)19)7-11(10)15/h4-5,7,20H,3,6,8H2,1-2H3,(H,16,17)(H,18,19). The predicted octanol–water partition coefficient (Wildman–Crippen LogP) is 1.80. The van der Waals surface area contributed by atoms with Crippen molar-refractivity contribution >= 4 is 11.9 Å². The SMILES string of the molecule is CCCC(C)(O)CNC(=O)c1ccc(C(=O)O)cc1F. The maximum absolute atomic E-state index is 13.6. The molecule has 1 rings (SSSR count). The number of amides is 1. The molecule has 0 heterocycles. The maximum atomic E-state index is 13.6. The van der Waals surface area contributed by atoms with Gasteiger partial charge in [-0.1, -0.05) is 13.3 Å². The molecule has 110 valence electrons. The molecule has 5 nitrogen and oxygen atoms in total. The molecule has 1 aromatic rings. The van der Waals surface area contributed by atoms with Crippen LogP contribution in [0.1, 0.15) is 47.4 Å². The van der Waals surface area contributed by atoms with Gasteiger partial charge in [0.1, 0.15) is 5.82 Å². The summed E-state index contributed by atoms with van der Waals surface area (Å²) in [4.78, 5) is 22.5. The van der Waals surface area contributed by atoms with Crippen molar-refractivity contribution in [2.45, 2.75) is 32.3 Å². The first-order valence-electron chi connectivity index (χ1n) is 6.30. The van der Waals surface area contributed by atoms with E-state index in [-0.39, 0.29) is 17.7 Å². The molecule has 0 aliphatic rings. The van der Waals surface area contributed by atoms with Crippen LogP contribution in [0.15, 0.2) is 18.2 Å². The van der Waals surface area contributed by atoms with Crippen LogP contribution in [0, 0.1) is 5.82 Å². The van der Waals surface area contributed by atoms with Crippen LogP contribution in [0.5, 0.6) is 0 Å². The molecular formula is C14H18FNO4. The fourth-order valence-corrected chi connectivity index (χ4v) is 1.83. The molecule has 1 unspecified atom stereocenters. The number of carboxylic acid groups (broad SMARTS) is 1. The van der Waals surface area contributed by atoms with Gasteiger partial charge in [-0.15, -0.1) is 0 Å². The Balaban J connectivity index is 2.76. The van der Waals surface area contributed by atoms with Gasteiger partial charge in [0.25, 0.3) is 5.91 Å². The first-order chi connectivity index (χ1) is 9.26. The summed E-state index contributed by atoms with van der Waals surface area (Å²) in [6.45, 7) is 3.49. The van der Waals surface area contributed by atoms with Crippen LogP contribution in [-0.4, -0.2) is 34.2 Å². The minimum Gasteiger partial charge on any atom is -0.478 e. The Morgan fingerprint density at radius 2 is 2.05 bits per heavy atom. The topological polar surface area (TPSA) is 86.6 Å². The zero-order valence-electron chi connectivity index (χ0n) is 11.4. The summed E-state index contributed by atoms with van der Waals surface area (Å²) in [5, 5.41) is 21.1. The van der Waals surface area contributed by atoms with Crippen LogP contribution in [0.4, 0.5) is 4.39 Å². The van der Waals surface area contributed by atoms with E-state index in [2.05, 4.69) is 5.32 Å². The summed E-state index contributed by atoms with van der Waals surface area (Å²) in [5.41, 5.74) is -1.53. The number of hydrogen-bond donors (Lipinski definition) is 3. The molecule has 0 saturated carbocycles. The Kier molecular flexibility index (Phi) is 5.21. The first-order valence-corrected chi connectivity index (χ1v) is 6.30. The molecule has 20 heavy (non-hydrogen) atoms. The minimum atomic E-state index is -1.26. The fraction of sp³-hybridized carbons (Fsp3) is 0.429. The molecule has 0 aliphatic heterocycles. The lowest BCUT2D eigenvalue weighted by Gasteiger charge is -2.22. The summed E-state index contributed by atoms with van der Waals surface area (Å²) in [7, 11) is 0. The number of nitrogens with one attached hydrogen (secondary N) is 1. The fourth-order valence-electron chi connectivity index (χ4n) is 1.83. The highest BCUT2D eigenvalue weighted by atomic mass is 19.1. The molecule has 6 heteroatoms. The highest BCUT2D eigenvalue weighted by Gasteiger charge is 2.21. The number of hydrogen-bond acceptors (Lipinski definition) is 3. The molecule has 0 saturated heterocycles. The van der Waals surface area contributed by atoms with E-state index in [0.29, 0.717) is 6.42 Å². The lowest BCUT2D eigenvalue weighted by atomic mass is 10.0. The quantitative estimate of drug-likeness (QED) is 0.743. The molecule has 1 atom stereocenters. The summed E-state index contributed by atoms with van der Waals surface area (Å²) >= 11 is 0. The molecule has 0 aromatic heterocycles. The lowest BCUT2D eigenvalue weighted by molar-refractivity contribution is 0.0468. The molecule has 3 N–H and O–H groups in total. The third-order valence-electron chi connectivity index (χ3n) is 2.88. The number of aliphatic hydroxyl groups is 1. The van der Waals surface area contributed by atoms with Gasteiger partial charge in [-0.3, -0.25) is 4.79 Å². The normalized spacial score (nSPS) is 13.6. The summed E-state index contributed by atoms with van der Waals surface area (Å²) < 4.78 is 13.6. The summed E-state index contributed by atoms with van der Waals surface area (Å²) in [5.74, 6) is -2.85. The molecular weight excluding hydrogens is 265 g/mol. The van der Waals surface area contributed by atoms with Crippen LogP contribution in [-0.2, 0) is 0 Å². The summed E-state index contributed by atoms with van der Waals surface area (Å²) in [6, 6.07) is 3.06. The Labute approximate surface area is 116 Å². The van der Waals surface area contributed by atoms with Gasteiger partial charge < -0.3 is 15.5 Å². The van der Waals surface area contributed by atoms with Gasteiger partial charge in [0, 0.05) is 6.54 Å². The van der Waals surface area contributed by atoms with Gasteiger partial charge in [-0.25, -0.2) is 9.18 Å². The minimum absolute atomic E-state index is 0.000203. The van der Waals surface area contributed by atoms with Crippen LogP contribution in [0.2, 0.25) is 0 Å². The van der Waals surface area contributed by atoms with Crippen molar-refractivity contribution in [3.05, 3.63) is 35.1 Å². The number of halogens is 1. The molecule has 1 amide bonds. The van der Waals surface area contributed by atoms with Crippen molar-refractivity contribution in [1.82, 2.24) is 5.32 Å². The Morgan fingerprint density at radius 3 is 2.55 bits per heavy atom. The third-order valence-corrected chi connectivity index (χ3v) is 2.88. The van der Waals surface area contributed by atoms with Crippen LogP contribution in [0.3, 0.4) is 0 Å². The molecule has 0 aliphatic carbocycles. The number of benzene rings is 1. The van der Waals surface area contributed by atoms with Crippen molar-refractivity contribution in [2.24, 2.45) is 0 Å². The van der Waals surface area contributed by atoms with Gasteiger partial charge in [0.05, 0.1) is 16.7 Å². The molecule has 0 fully saturated rings. The highest BCUT2D eigenvalue weighted by molar-refractivity contribution is 5.96. The number of rotatable bonds is 6. The van der Waals surface area contributed by atoms with Crippen molar-refractivity contribution in [3.8, 4) is 0 Å². The third kappa shape index (κ3) is 4.31. The van der Waals surface area contributed by atoms with Gasteiger partial charge in [-0.2, -0.15) is 0 Å². The zero-order chi connectivity index (χ0) is 15.3. The predicted molar refractivity (Wildman–Crippen MR) is 71.2 cm³/mol. The molecule has 0 radical (unpaired) electrons. The zero-order valence-corrected chi connectivity index (χ0v) is 11.4. The number of carbonyl (C=O) groups is 2. The van der Waals surface area contributed by atoms with Crippen LogP contribution >= 0.6 is 0 Å². The Bertz CT molecular complexity index is 514. The van der Waals surface area contributed by atoms with Crippen molar-refractivity contribution in [3.63, 3.8) is 0 Å². The lowest BCUT2D eigenvalue weighted by Crippen LogP contribution is -2.40.